The predicted molar refractivity (Wildman–Crippen MR) is 117 cm³/mol. The van der Waals surface area contributed by atoms with Gasteiger partial charge in [0.05, 0.1) is 19.3 Å². The highest BCUT2D eigenvalue weighted by atomic mass is 35.5. The number of unbranched alkanes of at least 4 members (excludes halogenated alkanes) is 1. The number of hydrogen-bond acceptors (Lipinski definition) is 5. The molecule has 0 heterocycles. The molecule has 0 unspecified atom stereocenters. The highest BCUT2D eigenvalue weighted by Gasteiger charge is 2.39. The fraction of sp³-hybridized carbons (Fsp3) is 0.458. The monoisotopic (exact) mass is 432 g/mol. The first-order valence-corrected chi connectivity index (χ1v) is 10.5. The van der Waals surface area contributed by atoms with E-state index in [0.717, 1.165) is 12.0 Å². The normalized spacial score (nSPS) is 24.7. The largest absolute Gasteiger partial charge is 0.469 e. The number of hydrogen-bond donors (Lipinski definition) is 3. The van der Waals surface area contributed by atoms with E-state index >= 15 is 0 Å². The molecule has 6 heteroatoms. The van der Waals surface area contributed by atoms with Crippen LogP contribution in [0.2, 0.25) is 5.02 Å². The van der Waals surface area contributed by atoms with Gasteiger partial charge in [0.25, 0.3) is 0 Å². The van der Waals surface area contributed by atoms with Gasteiger partial charge in [-0.15, -0.1) is 0 Å². The third-order valence-corrected chi connectivity index (χ3v) is 5.45. The third kappa shape index (κ3) is 7.97. The zero-order valence-corrected chi connectivity index (χ0v) is 17.8. The Labute approximate surface area is 183 Å². The number of benzene rings is 1. The van der Waals surface area contributed by atoms with E-state index in [2.05, 4.69) is 16.6 Å². The minimum atomic E-state index is -0.972. The van der Waals surface area contributed by atoms with Crippen molar-refractivity contribution in [2.75, 3.05) is 7.11 Å². The lowest BCUT2D eigenvalue weighted by atomic mass is 9.89. The van der Waals surface area contributed by atoms with E-state index in [4.69, 9.17) is 11.6 Å². The van der Waals surface area contributed by atoms with Gasteiger partial charge in [0.1, 0.15) is 6.10 Å². The number of aliphatic hydroxyl groups is 3. The van der Waals surface area contributed by atoms with E-state index in [0.29, 0.717) is 30.7 Å². The molecule has 5 atom stereocenters. The fourth-order valence-corrected chi connectivity index (χ4v) is 3.64. The summed E-state index contributed by atoms with van der Waals surface area (Å²) in [6.07, 6.45) is 7.78. The molecule has 162 valence electrons. The molecule has 3 N–H and O–H groups in total. The number of carbonyl (C=O) groups excluding carboxylic acids is 1. The van der Waals surface area contributed by atoms with Crippen LogP contribution in [0.4, 0.5) is 0 Å². The van der Waals surface area contributed by atoms with Gasteiger partial charge in [0.2, 0.25) is 0 Å². The summed E-state index contributed by atoms with van der Waals surface area (Å²) in [5.74, 6) is 5.01. The van der Waals surface area contributed by atoms with Gasteiger partial charge in [-0.3, -0.25) is 4.79 Å². The molecule has 2 rings (SSSR count). The van der Waals surface area contributed by atoms with Gasteiger partial charge in [-0.1, -0.05) is 41.7 Å². The summed E-state index contributed by atoms with van der Waals surface area (Å²) >= 11 is 5.84. The summed E-state index contributed by atoms with van der Waals surface area (Å²) in [6.45, 7) is 0. The first-order chi connectivity index (χ1) is 14.4. The topological polar surface area (TPSA) is 87.0 Å². The second kappa shape index (κ2) is 12.6. The number of methoxy groups -OCH3 is 1. The lowest BCUT2D eigenvalue weighted by Gasteiger charge is -2.19. The van der Waals surface area contributed by atoms with Crippen LogP contribution in [0.3, 0.4) is 0 Å². The Bertz CT molecular complexity index is 790. The number of esters is 1. The quantitative estimate of drug-likeness (QED) is 0.254. The molecule has 0 aliphatic heterocycles. The van der Waals surface area contributed by atoms with Crippen molar-refractivity contribution >= 4 is 17.6 Å². The molecule has 0 radical (unpaired) electrons. The maximum absolute atomic E-state index is 11.1. The molecular formula is C24H29ClO5. The van der Waals surface area contributed by atoms with Crippen molar-refractivity contribution in [1.82, 2.24) is 0 Å². The summed E-state index contributed by atoms with van der Waals surface area (Å²) < 4.78 is 4.60. The minimum absolute atomic E-state index is 0.135. The predicted octanol–water partition coefficient (Wildman–Crippen LogP) is 3.26. The van der Waals surface area contributed by atoms with Crippen molar-refractivity contribution in [1.29, 1.82) is 0 Å². The molecular weight excluding hydrogens is 404 g/mol. The van der Waals surface area contributed by atoms with Gasteiger partial charge >= 0.3 is 5.97 Å². The van der Waals surface area contributed by atoms with Gasteiger partial charge in [-0.25, -0.2) is 0 Å². The molecule has 1 aliphatic rings. The number of carbonyl (C=O) groups is 1. The van der Waals surface area contributed by atoms with E-state index in [1.807, 2.05) is 12.2 Å². The van der Waals surface area contributed by atoms with E-state index in [-0.39, 0.29) is 17.8 Å². The Balaban J connectivity index is 1.88. The zero-order chi connectivity index (χ0) is 21.9. The van der Waals surface area contributed by atoms with Crippen LogP contribution in [0.15, 0.2) is 48.6 Å². The van der Waals surface area contributed by atoms with Gasteiger partial charge in [-0.05, 0) is 55.5 Å². The number of halogens is 1. The van der Waals surface area contributed by atoms with Crippen molar-refractivity contribution in [3.63, 3.8) is 0 Å². The second-order valence-electron chi connectivity index (χ2n) is 7.39. The van der Waals surface area contributed by atoms with Gasteiger partial charge < -0.3 is 20.1 Å². The number of aliphatic hydroxyl groups excluding tert-OH is 3. The molecule has 1 aliphatic carbocycles. The van der Waals surface area contributed by atoms with E-state index < -0.39 is 18.3 Å². The Morgan fingerprint density at radius 2 is 2.00 bits per heavy atom. The molecule has 5 nitrogen and oxygen atoms in total. The van der Waals surface area contributed by atoms with Crippen molar-refractivity contribution < 1.29 is 24.9 Å². The van der Waals surface area contributed by atoms with E-state index in [1.165, 1.54) is 7.11 Å². The standard InChI is InChI=1S/C24H29ClO5/c1-30-24(29)7-5-3-2-4-6-20-21(23(28)16-22(20)27)15-14-19(26)13-10-17-8-11-18(25)12-9-17/h2,4,8-9,11-12,14-15,19-23,26-28H,3,5-7,16H2,1H3/b4-2-,15-14+/t19-,20-,21-,22+,23-/m1/s1. The third-order valence-electron chi connectivity index (χ3n) is 5.19. The molecule has 1 aromatic rings. The van der Waals surface area contributed by atoms with Gasteiger partial charge in [0, 0.05) is 29.3 Å². The molecule has 0 amide bonds. The first-order valence-electron chi connectivity index (χ1n) is 10.1. The molecule has 0 bridgehead atoms. The van der Waals surface area contributed by atoms with Crippen molar-refractivity contribution in [2.24, 2.45) is 11.8 Å². The van der Waals surface area contributed by atoms with Crippen molar-refractivity contribution in [3.05, 3.63) is 59.2 Å². The number of rotatable bonds is 8. The Morgan fingerprint density at radius 3 is 2.70 bits per heavy atom. The van der Waals surface area contributed by atoms with E-state index in [9.17, 15) is 20.1 Å². The Hall–Kier alpha value is -2.10. The SMILES string of the molecule is COC(=O)CCC/C=C\C[C@@H]1[C@@H](/C=C/[C@H](O)C#Cc2ccc(Cl)cc2)[C@H](O)C[C@@H]1O. The second-order valence-corrected chi connectivity index (χ2v) is 7.83. The van der Waals surface area contributed by atoms with Crippen molar-refractivity contribution in [3.8, 4) is 11.8 Å². The van der Waals surface area contributed by atoms with Crippen LogP contribution >= 0.6 is 11.6 Å². The maximum atomic E-state index is 11.1. The smallest absolute Gasteiger partial charge is 0.305 e. The molecule has 30 heavy (non-hydrogen) atoms. The maximum Gasteiger partial charge on any atom is 0.305 e. The molecule has 0 aromatic heterocycles. The summed E-state index contributed by atoms with van der Waals surface area (Å²) in [5.41, 5.74) is 0.749. The highest BCUT2D eigenvalue weighted by Crippen LogP contribution is 2.36. The Morgan fingerprint density at radius 1 is 1.27 bits per heavy atom. The van der Waals surface area contributed by atoms with Crippen LogP contribution < -0.4 is 0 Å². The summed E-state index contributed by atoms with van der Waals surface area (Å²) in [5, 5.41) is 31.3. The summed E-state index contributed by atoms with van der Waals surface area (Å²) in [4.78, 5) is 11.1. The van der Waals surface area contributed by atoms with Crippen LogP contribution in [0, 0.1) is 23.7 Å². The van der Waals surface area contributed by atoms with Gasteiger partial charge in [0.15, 0.2) is 0 Å². The van der Waals surface area contributed by atoms with Crippen LogP contribution in [0.25, 0.3) is 0 Å². The molecule has 1 aromatic carbocycles. The van der Waals surface area contributed by atoms with Gasteiger partial charge in [-0.2, -0.15) is 0 Å². The molecule has 0 saturated heterocycles. The Kier molecular flexibility index (Phi) is 10.1. The lowest BCUT2D eigenvalue weighted by molar-refractivity contribution is -0.140. The lowest BCUT2D eigenvalue weighted by Crippen LogP contribution is -2.20. The summed E-state index contributed by atoms with van der Waals surface area (Å²) in [6, 6.07) is 7.02. The highest BCUT2D eigenvalue weighted by molar-refractivity contribution is 6.30. The number of ether oxygens (including phenoxy) is 1. The molecule has 0 spiro atoms. The van der Waals surface area contributed by atoms with Crippen LogP contribution in [-0.4, -0.2) is 46.7 Å². The number of allylic oxidation sites excluding steroid dienone is 2. The van der Waals surface area contributed by atoms with Crippen LogP contribution in [-0.2, 0) is 9.53 Å². The average molecular weight is 433 g/mol. The molecule has 1 fully saturated rings. The van der Waals surface area contributed by atoms with Crippen molar-refractivity contribution in [2.45, 2.75) is 50.4 Å². The molecule has 1 saturated carbocycles. The van der Waals surface area contributed by atoms with Crippen LogP contribution in [0.5, 0.6) is 0 Å². The average Bonchev–Trinajstić information content (AvgIpc) is 3.00. The fourth-order valence-electron chi connectivity index (χ4n) is 3.52. The van der Waals surface area contributed by atoms with Crippen LogP contribution in [0.1, 0.15) is 37.7 Å². The zero-order valence-electron chi connectivity index (χ0n) is 17.1. The minimum Gasteiger partial charge on any atom is -0.469 e. The first kappa shape index (κ1) is 24.2. The summed E-state index contributed by atoms with van der Waals surface area (Å²) in [7, 11) is 1.37. The van der Waals surface area contributed by atoms with E-state index in [1.54, 1.807) is 36.4 Å².